The minimum Gasteiger partial charge on any atom is -0.481 e. The van der Waals surface area contributed by atoms with E-state index in [-0.39, 0.29) is 24.0 Å². The SMILES string of the molecule is C=CCOC(=O)NC1CC12CCC(C(=O)O)CC2. The Morgan fingerprint density at radius 1 is 1.44 bits per heavy atom. The molecule has 1 atom stereocenters. The van der Waals surface area contributed by atoms with Crippen LogP contribution in [0.4, 0.5) is 4.79 Å². The van der Waals surface area contributed by atoms with E-state index in [0.717, 1.165) is 32.1 Å². The van der Waals surface area contributed by atoms with E-state index in [1.807, 2.05) is 0 Å². The Morgan fingerprint density at radius 2 is 2.11 bits per heavy atom. The van der Waals surface area contributed by atoms with Crippen LogP contribution in [0.2, 0.25) is 0 Å². The first kappa shape index (κ1) is 12.9. The van der Waals surface area contributed by atoms with Gasteiger partial charge in [0.05, 0.1) is 5.92 Å². The molecule has 0 saturated heterocycles. The lowest BCUT2D eigenvalue weighted by molar-refractivity contribution is -0.143. The van der Waals surface area contributed by atoms with Crippen molar-refractivity contribution in [3.8, 4) is 0 Å². The van der Waals surface area contributed by atoms with Crippen LogP contribution in [0.1, 0.15) is 32.1 Å². The van der Waals surface area contributed by atoms with Gasteiger partial charge in [-0.3, -0.25) is 4.79 Å². The number of carbonyl (C=O) groups is 2. The van der Waals surface area contributed by atoms with E-state index in [1.165, 1.54) is 6.08 Å². The number of rotatable bonds is 4. The second-order valence-corrected chi connectivity index (χ2v) is 5.26. The topological polar surface area (TPSA) is 75.6 Å². The first-order valence-electron chi connectivity index (χ1n) is 6.34. The Bertz CT molecular complexity index is 358. The Morgan fingerprint density at radius 3 is 2.67 bits per heavy atom. The van der Waals surface area contributed by atoms with Crippen LogP contribution < -0.4 is 5.32 Å². The molecule has 2 aliphatic carbocycles. The largest absolute Gasteiger partial charge is 0.481 e. The van der Waals surface area contributed by atoms with E-state index in [2.05, 4.69) is 11.9 Å². The van der Waals surface area contributed by atoms with Gasteiger partial charge in [0.25, 0.3) is 0 Å². The molecule has 0 aromatic carbocycles. The van der Waals surface area contributed by atoms with Gasteiger partial charge in [-0.25, -0.2) is 4.79 Å². The number of aliphatic carboxylic acids is 1. The maximum absolute atomic E-state index is 11.4. The summed E-state index contributed by atoms with van der Waals surface area (Å²) < 4.78 is 4.87. The number of amides is 1. The van der Waals surface area contributed by atoms with E-state index < -0.39 is 12.1 Å². The smallest absolute Gasteiger partial charge is 0.407 e. The van der Waals surface area contributed by atoms with Crippen LogP contribution >= 0.6 is 0 Å². The highest BCUT2D eigenvalue weighted by atomic mass is 16.5. The van der Waals surface area contributed by atoms with E-state index >= 15 is 0 Å². The summed E-state index contributed by atoms with van der Waals surface area (Å²) >= 11 is 0. The van der Waals surface area contributed by atoms with Gasteiger partial charge in [-0.15, -0.1) is 0 Å². The zero-order valence-electron chi connectivity index (χ0n) is 10.4. The summed E-state index contributed by atoms with van der Waals surface area (Å²) in [4.78, 5) is 22.2. The third kappa shape index (κ3) is 2.66. The molecule has 5 nitrogen and oxygen atoms in total. The summed E-state index contributed by atoms with van der Waals surface area (Å²) in [5.74, 6) is -0.898. The fourth-order valence-corrected chi connectivity index (χ4v) is 2.86. The van der Waals surface area contributed by atoms with Crippen molar-refractivity contribution in [2.24, 2.45) is 11.3 Å². The molecule has 2 fully saturated rings. The van der Waals surface area contributed by atoms with Crippen molar-refractivity contribution >= 4 is 12.1 Å². The van der Waals surface area contributed by atoms with Crippen LogP contribution in [-0.4, -0.2) is 29.8 Å². The van der Waals surface area contributed by atoms with E-state index in [0.29, 0.717) is 0 Å². The first-order valence-corrected chi connectivity index (χ1v) is 6.34. The lowest BCUT2D eigenvalue weighted by atomic mass is 9.79. The van der Waals surface area contributed by atoms with Gasteiger partial charge in [-0.2, -0.15) is 0 Å². The Kier molecular flexibility index (Phi) is 3.59. The van der Waals surface area contributed by atoms with Gasteiger partial charge in [0, 0.05) is 6.04 Å². The molecule has 0 radical (unpaired) electrons. The van der Waals surface area contributed by atoms with Crippen LogP contribution in [0, 0.1) is 11.3 Å². The molecule has 0 bridgehead atoms. The second kappa shape index (κ2) is 5.00. The maximum Gasteiger partial charge on any atom is 0.407 e. The molecule has 18 heavy (non-hydrogen) atoms. The maximum atomic E-state index is 11.4. The number of alkyl carbamates (subject to hydrolysis) is 1. The van der Waals surface area contributed by atoms with Gasteiger partial charge >= 0.3 is 12.1 Å². The number of carbonyl (C=O) groups excluding carboxylic acids is 1. The molecule has 0 aliphatic heterocycles. The van der Waals surface area contributed by atoms with Crippen molar-refractivity contribution in [1.29, 1.82) is 0 Å². The number of carboxylic acids is 1. The first-order chi connectivity index (χ1) is 8.57. The number of ether oxygens (including phenoxy) is 1. The summed E-state index contributed by atoms with van der Waals surface area (Å²) in [6, 6.07) is 0.157. The molecule has 2 rings (SSSR count). The molecular weight excluding hydrogens is 234 g/mol. The lowest BCUT2D eigenvalue weighted by Gasteiger charge is -2.26. The highest BCUT2D eigenvalue weighted by Crippen LogP contribution is 2.57. The molecule has 1 spiro atoms. The molecule has 0 heterocycles. The van der Waals surface area contributed by atoms with Gasteiger partial charge in [0.1, 0.15) is 6.61 Å². The number of hydrogen-bond acceptors (Lipinski definition) is 3. The summed E-state index contributed by atoms with van der Waals surface area (Å²) in [6.07, 6.45) is 5.28. The highest BCUT2D eigenvalue weighted by Gasteiger charge is 2.56. The molecule has 0 aromatic heterocycles. The van der Waals surface area contributed by atoms with E-state index in [1.54, 1.807) is 0 Å². The van der Waals surface area contributed by atoms with Crippen LogP contribution in [0.15, 0.2) is 12.7 Å². The van der Waals surface area contributed by atoms with Crippen molar-refractivity contribution in [2.75, 3.05) is 6.61 Å². The highest BCUT2D eigenvalue weighted by molar-refractivity contribution is 5.70. The molecule has 2 saturated carbocycles. The molecule has 2 aliphatic rings. The molecule has 2 N–H and O–H groups in total. The number of hydrogen-bond donors (Lipinski definition) is 2. The molecule has 1 unspecified atom stereocenters. The fourth-order valence-electron chi connectivity index (χ4n) is 2.86. The molecular formula is C13H19NO4. The second-order valence-electron chi connectivity index (χ2n) is 5.26. The average Bonchev–Trinajstić information content (AvgIpc) is 2.99. The fraction of sp³-hybridized carbons (Fsp3) is 0.692. The standard InChI is InChI=1S/C13H19NO4/c1-2-7-18-12(17)14-10-8-13(10)5-3-9(4-6-13)11(15)16/h2,9-10H,1,3-8H2,(H,14,17)(H,15,16). The van der Waals surface area contributed by atoms with Gasteiger partial charge in [0.15, 0.2) is 0 Å². The van der Waals surface area contributed by atoms with Crippen LogP contribution in [0.25, 0.3) is 0 Å². The van der Waals surface area contributed by atoms with Crippen molar-refractivity contribution in [2.45, 2.75) is 38.1 Å². The zero-order valence-corrected chi connectivity index (χ0v) is 10.4. The Hall–Kier alpha value is -1.52. The molecule has 1 amide bonds. The monoisotopic (exact) mass is 253 g/mol. The van der Waals surface area contributed by atoms with Crippen molar-refractivity contribution < 1.29 is 19.4 Å². The lowest BCUT2D eigenvalue weighted by Crippen LogP contribution is -2.32. The number of carboxylic acid groups (broad SMARTS) is 1. The van der Waals surface area contributed by atoms with Crippen LogP contribution in [0.5, 0.6) is 0 Å². The van der Waals surface area contributed by atoms with Gasteiger partial charge in [0.2, 0.25) is 0 Å². The molecule has 5 heteroatoms. The zero-order chi connectivity index (χ0) is 13.2. The van der Waals surface area contributed by atoms with Crippen LogP contribution in [-0.2, 0) is 9.53 Å². The average molecular weight is 253 g/mol. The van der Waals surface area contributed by atoms with Crippen LogP contribution in [0.3, 0.4) is 0 Å². The van der Waals surface area contributed by atoms with E-state index in [9.17, 15) is 9.59 Å². The summed E-state index contributed by atoms with van der Waals surface area (Å²) in [6.45, 7) is 3.69. The Balaban J connectivity index is 1.75. The van der Waals surface area contributed by atoms with Gasteiger partial charge in [-0.1, -0.05) is 12.7 Å². The predicted octanol–water partition coefficient (Wildman–Crippen LogP) is 1.93. The summed E-state index contributed by atoms with van der Waals surface area (Å²) in [7, 11) is 0. The van der Waals surface area contributed by atoms with Gasteiger partial charge in [-0.05, 0) is 37.5 Å². The quantitative estimate of drug-likeness (QED) is 0.751. The third-order valence-electron chi connectivity index (χ3n) is 4.14. The normalized spacial score (nSPS) is 33.8. The van der Waals surface area contributed by atoms with Crippen molar-refractivity contribution in [3.05, 3.63) is 12.7 Å². The molecule has 100 valence electrons. The van der Waals surface area contributed by atoms with Crippen molar-refractivity contribution in [3.63, 3.8) is 0 Å². The third-order valence-corrected chi connectivity index (χ3v) is 4.14. The minimum absolute atomic E-state index is 0.138. The number of nitrogens with one attached hydrogen (secondary N) is 1. The van der Waals surface area contributed by atoms with Gasteiger partial charge < -0.3 is 15.2 Å². The summed E-state index contributed by atoms with van der Waals surface area (Å²) in [5, 5.41) is 11.8. The molecule has 0 aromatic rings. The Labute approximate surface area is 106 Å². The minimum atomic E-state index is -0.694. The van der Waals surface area contributed by atoms with E-state index in [4.69, 9.17) is 9.84 Å². The summed E-state index contributed by atoms with van der Waals surface area (Å²) in [5.41, 5.74) is 0.138. The predicted molar refractivity (Wildman–Crippen MR) is 65.1 cm³/mol. The van der Waals surface area contributed by atoms with Crippen molar-refractivity contribution in [1.82, 2.24) is 5.32 Å².